The van der Waals surface area contributed by atoms with Gasteiger partial charge in [-0.15, -0.1) is 0 Å². The van der Waals surface area contributed by atoms with Gasteiger partial charge in [0.05, 0.1) is 6.10 Å². The fraction of sp³-hybridized carbons (Fsp3) is 0.533. The summed E-state index contributed by atoms with van der Waals surface area (Å²) in [5, 5.41) is 12.0. The Hall–Kier alpha value is -1.55. The van der Waals surface area contributed by atoms with Crippen molar-refractivity contribution in [2.75, 3.05) is 6.61 Å². The molecule has 0 aliphatic heterocycles. The van der Waals surface area contributed by atoms with Crippen molar-refractivity contribution in [2.24, 2.45) is 0 Å². The minimum Gasteiger partial charge on any atom is -0.484 e. The van der Waals surface area contributed by atoms with Crippen molar-refractivity contribution in [1.29, 1.82) is 0 Å². The minimum atomic E-state index is -0.421. The number of amides is 1. The molecule has 0 radical (unpaired) electrons. The van der Waals surface area contributed by atoms with Gasteiger partial charge >= 0.3 is 0 Å². The van der Waals surface area contributed by atoms with Crippen LogP contribution in [-0.2, 0) is 4.79 Å². The molecule has 19 heavy (non-hydrogen) atoms. The molecule has 1 amide bonds. The van der Waals surface area contributed by atoms with Crippen LogP contribution in [0.4, 0.5) is 0 Å². The zero-order chi connectivity index (χ0) is 14.4. The highest BCUT2D eigenvalue weighted by atomic mass is 16.5. The Morgan fingerprint density at radius 1 is 1.37 bits per heavy atom. The number of hydrogen-bond donors (Lipinski definition) is 2. The monoisotopic (exact) mass is 265 g/mol. The highest BCUT2D eigenvalue weighted by molar-refractivity contribution is 5.77. The molecule has 1 aromatic carbocycles. The van der Waals surface area contributed by atoms with E-state index < -0.39 is 6.10 Å². The van der Waals surface area contributed by atoms with E-state index in [1.54, 1.807) is 6.92 Å². The van der Waals surface area contributed by atoms with Gasteiger partial charge in [-0.2, -0.15) is 0 Å². The van der Waals surface area contributed by atoms with Crippen LogP contribution in [-0.4, -0.2) is 29.8 Å². The third-order valence-electron chi connectivity index (χ3n) is 2.79. The van der Waals surface area contributed by atoms with Gasteiger partial charge in [-0.05, 0) is 45.7 Å². The van der Waals surface area contributed by atoms with Crippen molar-refractivity contribution in [2.45, 2.75) is 46.3 Å². The van der Waals surface area contributed by atoms with Crippen LogP contribution in [0.15, 0.2) is 18.2 Å². The summed E-state index contributed by atoms with van der Waals surface area (Å²) in [6.07, 6.45) is 0.116. The average molecular weight is 265 g/mol. The summed E-state index contributed by atoms with van der Waals surface area (Å²) in [6.45, 7) is 7.53. The smallest absolute Gasteiger partial charge is 0.258 e. The third kappa shape index (κ3) is 5.75. The summed E-state index contributed by atoms with van der Waals surface area (Å²) in [4.78, 5) is 11.7. The Morgan fingerprint density at radius 2 is 2.05 bits per heavy atom. The van der Waals surface area contributed by atoms with E-state index in [1.165, 1.54) is 5.56 Å². The van der Waals surface area contributed by atoms with Gasteiger partial charge in [0.1, 0.15) is 5.75 Å². The van der Waals surface area contributed by atoms with Crippen LogP contribution in [0, 0.1) is 13.8 Å². The molecule has 0 saturated carbocycles. The van der Waals surface area contributed by atoms with Crippen molar-refractivity contribution in [3.63, 3.8) is 0 Å². The van der Waals surface area contributed by atoms with Gasteiger partial charge in [0.15, 0.2) is 6.61 Å². The van der Waals surface area contributed by atoms with Gasteiger partial charge in [-0.1, -0.05) is 17.7 Å². The lowest BCUT2D eigenvalue weighted by molar-refractivity contribution is -0.123. The van der Waals surface area contributed by atoms with Gasteiger partial charge < -0.3 is 15.2 Å². The molecular weight excluding hydrogens is 242 g/mol. The number of carbonyl (C=O) groups is 1. The number of hydrogen-bond acceptors (Lipinski definition) is 3. The van der Waals surface area contributed by atoms with Gasteiger partial charge in [0, 0.05) is 6.04 Å². The topological polar surface area (TPSA) is 58.6 Å². The number of ether oxygens (including phenoxy) is 1. The average Bonchev–Trinajstić information content (AvgIpc) is 2.26. The van der Waals surface area contributed by atoms with Gasteiger partial charge in [0.25, 0.3) is 5.91 Å². The second-order valence-electron chi connectivity index (χ2n) is 5.11. The maximum absolute atomic E-state index is 11.7. The first-order valence-corrected chi connectivity index (χ1v) is 6.56. The highest BCUT2D eigenvalue weighted by Crippen LogP contribution is 2.18. The van der Waals surface area contributed by atoms with E-state index in [-0.39, 0.29) is 18.6 Å². The van der Waals surface area contributed by atoms with E-state index in [1.807, 2.05) is 39.0 Å². The summed E-state index contributed by atoms with van der Waals surface area (Å²) < 4.78 is 5.48. The first-order chi connectivity index (χ1) is 8.88. The van der Waals surface area contributed by atoms with Crippen LogP contribution in [0.3, 0.4) is 0 Å². The van der Waals surface area contributed by atoms with Crippen LogP contribution in [0.25, 0.3) is 0 Å². The van der Waals surface area contributed by atoms with Crippen molar-refractivity contribution in [1.82, 2.24) is 5.32 Å². The SMILES string of the molecule is Cc1ccc(OCC(=O)NC(C)CC(C)O)c(C)c1. The molecule has 106 valence electrons. The molecule has 1 aromatic rings. The Balaban J connectivity index is 2.41. The number of carbonyl (C=O) groups excluding carboxylic acids is 1. The normalized spacial score (nSPS) is 13.7. The molecule has 2 N–H and O–H groups in total. The van der Waals surface area contributed by atoms with E-state index in [0.29, 0.717) is 6.42 Å². The number of aliphatic hydroxyl groups excluding tert-OH is 1. The number of aryl methyl sites for hydroxylation is 2. The number of rotatable bonds is 6. The predicted molar refractivity (Wildman–Crippen MR) is 75.3 cm³/mol. The molecule has 4 heteroatoms. The lowest BCUT2D eigenvalue weighted by atomic mass is 10.1. The number of benzene rings is 1. The molecule has 0 saturated heterocycles. The van der Waals surface area contributed by atoms with Gasteiger partial charge in [0.2, 0.25) is 0 Å². The van der Waals surface area contributed by atoms with Crippen molar-refractivity contribution >= 4 is 5.91 Å². The molecule has 0 spiro atoms. The molecule has 4 nitrogen and oxygen atoms in total. The van der Waals surface area contributed by atoms with E-state index in [0.717, 1.165) is 11.3 Å². The first-order valence-electron chi connectivity index (χ1n) is 6.56. The van der Waals surface area contributed by atoms with Crippen LogP contribution >= 0.6 is 0 Å². The maximum Gasteiger partial charge on any atom is 0.258 e. The van der Waals surface area contributed by atoms with E-state index in [4.69, 9.17) is 4.74 Å². The molecule has 0 bridgehead atoms. The Kier molecular flexibility index (Phi) is 5.83. The molecule has 0 fully saturated rings. The number of nitrogens with one attached hydrogen (secondary N) is 1. The van der Waals surface area contributed by atoms with E-state index >= 15 is 0 Å². The van der Waals surface area contributed by atoms with E-state index in [9.17, 15) is 9.90 Å². The second-order valence-corrected chi connectivity index (χ2v) is 5.11. The van der Waals surface area contributed by atoms with E-state index in [2.05, 4.69) is 5.32 Å². The molecule has 0 aliphatic rings. The zero-order valence-electron chi connectivity index (χ0n) is 12.1. The zero-order valence-corrected chi connectivity index (χ0v) is 12.1. The quantitative estimate of drug-likeness (QED) is 0.826. The van der Waals surface area contributed by atoms with Crippen molar-refractivity contribution in [3.05, 3.63) is 29.3 Å². The summed E-state index contributed by atoms with van der Waals surface area (Å²) in [5.41, 5.74) is 2.18. The molecule has 0 aromatic heterocycles. The summed E-state index contributed by atoms with van der Waals surface area (Å²) >= 11 is 0. The lowest BCUT2D eigenvalue weighted by Gasteiger charge is -2.16. The molecule has 2 atom stereocenters. The van der Waals surface area contributed by atoms with Crippen LogP contribution in [0.5, 0.6) is 5.75 Å². The lowest BCUT2D eigenvalue weighted by Crippen LogP contribution is -2.37. The maximum atomic E-state index is 11.7. The van der Waals surface area contributed by atoms with Crippen LogP contribution in [0.2, 0.25) is 0 Å². The molecular formula is C15H23NO3. The Labute approximate surface area is 114 Å². The fourth-order valence-electron chi connectivity index (χ4n) is 1.99. The standard InChI is InChI=1S/C15H23NO3/c1-10-5-6-14(11(2)7-10)19-9-15(18)16-12(3)8-13(4)17/h5-7,12-13,17H,8-9H2,1-4H3,(H,16,18). The van der Waals surface area contributed by atoms with Crippen molar-refractivity contribution < 1.29 is 14.6 Å². The van der Waals surface area contributed by atoms with Gasteiger partial charge in [-0.25, -0.2) is 0 Å². The second kappa shape index (κ2) is 7.14. The third-order valence-corrected chi connectivity index (χ3v) is 2.79. The largest absolute Gasteiger partial charge is 0.484 e. The first kappa shape index (κ1) is 15.5. The summed E-state index contributed by atoms with van der Waals surface area (Å²) in [5.74, 6) is 0.553. The van der Waals surface area contributed by atoms with Gasteiger partial charge in [-0.3, -0.25) is 4.79 Å². The van der Waals surface area contributed by atoms with Crippen molar-refractivity contribution in [3.8, 4) is 5.75 Å². The summed E-state index contributed by atoms with van der Waals surface area (Å²) in [7, 11) is 0. The number of aliphatic hydroxyl groups is 1. The molecule has 2 unspecified atom stereocenters. The minimum absolute atomic E-state index is 0.00590. The molecule has 0 heterocycles. The van der Waals surface area contributed by atoms with Crippen LogP contribution < -0.4 is 10.1 Å². The molecule has 1 rings (SSSR count). The highest BCUT2D eigenvalue weighted by Gasteiger charge is 2.10. The molecule has 0 aliphatic carbocycles. The Bertz CT molecular complexity index is 429. The summed E-state index contributed by atoms with van der Waals surface area (Å²) in [6, 6.07) is 5.78. The predicted octanol–water partition coefficient (Wildman–Crippen LogP) is 1.96. The van der Waals surface area contributed by atoms with Crippen LogP contribution in [0.1, 0.15) is 31.4 Å². The Morgan fingerprint density at radius 3 is 2.63 bits per heavy atom. The fourth-order valence-corrected chi connectivity index (χ4v) is 1.99.